The fraction of sp³-hybridized carbons (Fsp3) is 0.318. The van der Waals surface area contributed by atoms with Crippen molar-refractivity contribution < 1.29 is 19.1 Å². The highest BCUT2D eigenvalue weighted by Gasteiger charge is 2.32. The van der Waals surface area contributed by atoms with E-state index in [2.05, 4.69) is 10.6 Å². The molecule has 2 N–H and O–H groups in total. The van der Waals surface area contributed by atoms with E-state index in [1.807, 2.05) is 31.2 Å². The van der Waals surface area contributed by atoms with Crippen molar-refractivity contribution in [2.24, 2.45) is 0 Å². The van der Waals surface area contributed by atoms with E-state index < -0.39 is 0 Å². The van der Waals surface area contributed by atoms with Crippen molar-refractivity contribution in [2.75, 3.05) is 5.32 Å². The molecule has 0 bridgehead atoms. The first-order chi connectivity index (χ1) is 14.0. The van der Waals surface area contributed by atoms with Crippen molar-refractivity contribution >= 4 is 23.5 Å². The van der Waals surface area contributed by atoms with Gasteiger partial charge in [-0.1, -0.05) is 30.3 Å². The van der Waals surface area contributed by atoms with Crippen molar-refractivity contribution in [1.82, 2.24) is 10.2 Å². The van der Waals surface area contributed by atoms with E-state index in [9.17, 15) is 14.4 Å². The zero-order valence-electron chi connectivity index (χ0n) is 16.2. The van der Waals surface area contributed by atoms with E-state index in [1.165, 1.54) is 4.90 Å². The van der Waals surface area contributed by atoms with Crippen molar-refractivity contribution in [3.05, 3.63) is 59.7 Å². The molecule has 0 aliphatic carbocycles. The van der Waals surface area contributed by atoms with Gasteiger partial charge < -0.3 is 15.4 Å². The lowest BCUT2D eigenvalue weighted by atomic mass is 10.1. The second-order valence-corrected chi connectivity index (χ2v) is 7.36. The van der Waals surface area contributed by atoms with Gasteiger partial charge in [0.25, 0.3) is 0 Å². The summed E-state index contributed by atoms with van der Waals surface area (Å²) in [6.45, 7) is 2.18. The number of carbonyl (C=O) groups is 3. The molecular formula is C22H23N3O4. The molecular weight excluding hydrogens is 370 g/mol. The van der Waals surface area contributed by atoms with E-state index >= 15 is 0 Å². The van der Waals surface area contributed by atoms with Crippen LogP contribution < -0.4 is 15.4 Å². The van der Waals surface area contributed by atoms with Gasteiger partial charge in [-0.05, 0) is 37.1 Å². The van der Waals surface area contributed by atoms with Crippen LogP contribution in [0.5, 0.6) is 5.75 Å². The number of benzene rings is 2. The normalized spacial score (nSPS) is 20.8. The van der Waals surface area contributed by atoms with Crippen molar-refractivity contribution in [2.45, 2.75) is 44.9 Å². The average Bonchev–Trinajstić information content (AvgIpc) is 3.01. The summed E-state index contributed by atoms with van der Waals surface area (Å²) in [5.74, 6) is 0.531. The van der Waals surface area contributed by atoms with Gasteiger partial charge in [0.1, 0.15) is 11.9 Å². The van der Waals surface area contributed by atoms with Crippen LogP contribution >= 0.6 is 0 Å². The predicted octanol–water partition coefficient (Wildman–Crippen LogP) is 3.37. The van der Waals surface area contributed by atoms with Crippen LogP contribution in [0, 0.1) is 0 Å². The molecule has 29 heavy (non-hydrogen) atoms. The maximum atomic E-state index is 12.4. The number of hydrogen-bond donors (Lipinski definition) is 2. The fourth-order valence-electron chi connectivity index (χ4n) is 3.72. The number of nitrogens with zero attached hydrogens (tertiary/aromatic N) is 1. The number of fused-ring (bicyclic) bond motifs is 1. The van der Waals surface area contributed by atoms with Gasteiger partial charge in [0.15, 0.2) is 0 Å². The van der Waals surface area contributed by atoms with E-state index in [0.29, 0.717) is 24.9 Å². The van der Waals surface area contributed by atoms with Gasteiger partial charge in [-0.2, -0.15) is 0 Å². The number of anilines is 1. The Morgan fingerprint density at radius 1 is 1.07 bits per heavy atom. The smallest absolute Gasteiger partial charge is 0.319 e. The molecule has 4 amide bonds. The Bertz CT molecular complexity index is 925. The summed E-state index contributed by atoms with van der Waals surface area (Å²) in [5.41, 5.74) is 2.43. The Balaban J connectivity index is 1.36. The minimum absolute atomic E-state index is 0.129. The van der Waals surface area contributed by atoms with E-state index in [1.54, 1.807) is 24.3 Å². The number of imide groups is 1. The Morgan fingerprint density at radius 2 is 1.76 bits per heavy atom. The Morgan fingerprint density at radius 3 is 2.48 bits per heavy atom. The molecule has 2 heterocycles. The van der Waals surface area contributed by atoms with Crippen LogP contribution in [-0.2, 0) is 16.1 Å². The molecule has 2 aliphatic rings. The van der Waals surface area contributed by atoms with Crippen LogP contribution in [0.15, 0.2) is 48.5 Å². The number of rotatable bonds is 4. The zero-order chi connectivity index (χ0) is 20.4. The predicted molar refractivity (Wildman–Crippen MR) is 107 cm³/mol. The first kappa shape index (κ1) is 19.0. The molecule has 7 nitrogen and oxygen atoms in total. The Kier molecular flexibility index (Phi) is 5.20. The molecule has 2 aromatic carbocycles. The minimum Gasteiger partial charge on any atom is -0.488 e. The molecule has 2 aliphatic heterocycles. The quantitative estimate of drug-likeness (QED) is 0.780. The van der Waals surface area contributed by atoms with Crippen LogP contribution in [-0.4, -0.2) is 28.8 Å². The molecule has 150 valence electrons. The summed E-state index contributed by atoms with van der Waals surface area (Å²) in [6.07, 6.45) is 1.30. The summed E-state index contributed by atoms with van der Waals surface area (Å²) in [5, 5.41) is 5.77. The summed E-state index contributed by atoms with van der Waals surface area (Å²) in [6, 6.07) is 14.3. The third-order valence-corrected chi connectivity index (χ3v) is 5.26. The maximum Gasteiger partial charge on any atom is 0.319 e. The number of urea groups is 1. The summed E-state index contributed by atoms with van der Waals surface area (Å²) < 4.78 is 5.77. The lowest BCUT2D eigenvalue weighted by Gasteiger charge is -2.24. The standard InChI is InChI=1S/C22H23N3O4/c1-14-21(17-5-2-3-6-18(17)29-14)24-22(28)23-16-11-9-15(10-12-16)13-25-19(26)7-4-8-20(25)27/h2-3,5-6,9-12,14,21H,4,7-8,13H2,1H3,(H2,23,24,28). The summed E-state index contributed by atoms with van der Waals surface area (Å²) in [7, 11) is 0. The maximum absolute atomic E-state index is 12.4. The number of hydrogen-bond acceptors (Lipinski definition) is 4. The molecule has 2 atom stereocenters. The highest BCUT2D eigenvalue weighted by Crippen LogP contribution is 2.36. The molecule has 1 saturated heterocycles. The third-order valence-electron chi connectivity index (χ3n) is 5.26. The van der Waals surface area contributed by atoms with Crippen molar-refractivity contribution in [3.63, 3.8) is 0 Å². The number of likely N-dealkylation sites (tertiary alicyclic amines) is 1. The highest BCUT2D eigenvalue weighted by molar-refractivity contribution is 5.97. The van der Waals surface area contributed by atoms with Crippen LogP contribution in [0.2, 0.25) is 0 Å². The van der Waals surface area contributed by atoms with E-state index in [0.717, 1.165) is 16.9 Å². The monoisotopic (exact) mass is 393 g/mol. The Hall–Kier alpha value is -3.35. The van der Waals surface area contributed by atoms with Gasteiger partial charge in [0, 0.05) is 24.1 Å². The lowest BCUT2D eigenvalue weighted by Crippen LogP contribution is -2.39. The van der Waals surface area contributed by atoms with Gasteiger partial charge in [-0.15, -0.1) is 0 Å². The fourth-order valence-corrected chi connectivity index (χ4v) is 3.72. The van der Waals surface area contributed by atoms with Gasteiger partial charge in [0.05, 0.1) is 12.6 Å². The molecule has 0 aromatic heterocycles. The zero-order valence-corrected chi connectivity index (χ0v) is 16.2. The first-order valence-electron chi connectivity index (χ1n) is 9.76. The summed E-state index contributed by atoms with van der Waals surface area (Å²) >= 11 is 0. The average molecular weight is 393 g/mol. The molecule has 4 rings (SSSR count). The number of nitrogens with one attached hydrogen (secondary N) is 2. The molecule has 2 aromatic rings. The number of ether oxygens (including phenoxy) is 1. The second kappa shape index (κ2) is 7.95. The minimum atomic E-state index is -0.323. The molecule has 0 radical (unpaired) electrons. The number of carbonyl (C=O) groups excluding carboxylic acids is 3. The molecule has 0 saturated carbocycles. The van der Waals surface area contributed by atoms with Gasteiger partial charge >= 0.3 is 6.03 Å². The van der Waals surface area contributed by atoms with Crippen LogP contribution in [0.4, 0.5) is 10.5 Å². The van der Waals surface area contributed by atoms with E-state index in [-0.39, 0.29) is 36.5 Å². The molecule has 7 heteroatoms. The van der Waals surface area contributed by atoms with Crippen LogP contribution in [0.25, 0.3) is 0 Å². The molecule has 2 unspecified atom stereocenters. The van der Waals surface area contributed by atoms with Crippen molar-refractivity contribution in [3.8, 4) is 5.75 Å². The van der Waals surface area contributed by atoms with Gasteiger partial charge in [-0.25, -0.2) is 4.79 Å². The number of piperidine rings is 1. The SMILES string of the molecule is CC1Oc2ccccc2C1NC(=O)Nc1ccc(CN2C(=O)CCCC2=O)cc1. The first-order valence-corrected chi connectivity index (χ1v) is 9.76. The van der Waals surface area contributed by atoms with Crippen molar-refractivity contribution in [1.29, 1.82) is 0 Å². The van der Waals surface area contributed by atoms with Gasteiger partial charge in [-0.3, -0.25) is 14.5 Å². The Labute approximate surface area is 169 Å². The number of para-hydroxylation sites is 1. The van der Waals surface area contributed by atoms with Crippen LogP contribution in [0.3, 0.4) is 0 Å². The largest absolute Gasteiger partial charge is 0.488 e. The van der Waals surface area contributed by atoms with E-state index in [4.69, 9.17) is 4.74 Å². The molecule has 1 fully saturated rings. The van der Waals surface area contributed by atoms with Crippen LogP contribution in [0.1, 0.15) is 43.4 Å². The third kappa shape index (κ3) is 4.08. The highest BCUT2D eigenvalue weighted by atomic mass is 16.5. The van der Waals surface area contributed by atoms with Gasteiger partial charge in [0.2, 0.25) is 11.8 Å². The topological polar surface area (TPSA) is 87.7 Å². The number of amides is 4. The lowest BCUT2D eigenvalue weighted by molar-refractivity contribution is -0.148. The summed E-state index contributed by atoms with van der Waals surface area (Å²) in [4.78, 5) is 37.6. The molecule has 0 spiro atoms. The second-order valence-electron chi connectivity index (χ2n) is 7.36.